The first-order chi connectivity index (χ1) is 8.07. The van der Waals surface area contributed by atoms with Gasteiger partial charge >= 0.3 is 0 Å². The molecular weight excluding hydrogens is 264 g/mol. The number of alkyl halides is 1. The Kier molecular flexibility index (Phi) is 3.30. The lowest BCUT2D eigenvalue weighted by atomic mass is 10.4. The zero-order chi connectivity index (χ0) is 12.5. The van der Waals surface area contributed by atoms with Gasteiger partial charge in [-0.3, -0.25) is 4.40 Å². The van der Waals surface area contributed by atoms with E-state index in [4.69, 9.17) is 11.6 Å². The molecule has 0 bridgehead atoms. The van der Waals surface area contributed by atoms with E-state index < -0.39 is 15.1 Å². The van der Waals surface area contributed by atoms with Gasteiger partial charge in [-0.2, -0.15) is 0 Å². The summed E-state index contributed by atoms with van der Waals surface area (Å²) in [6, 6.07) is 0. The Morgan fingerprint density at radius 3 is 3.00 bits per heavy atom. The molecule has 2 aromatic heterocycles. The minimum Gasteiger partial charge on any atom is -0.285 e. The number of hydrogen-bond donors (Lipinski definition) is 0. The van der Waals surface area contributed by atoms with E-state index in [-0.39, 0.29) is 16.6 Å². The van der Waals surface area contributed by atoms with Crippen LogP contribution in [0.1, 0.15) is 13.3 Å². The molecule has 0 radical (unpaired) electrons. The molecule has 2 aromatic rings. The minimum atomic E-state index is -3.52. The van der Waals surface area contributed by atoms with Crippen LogP contribution in [0, 0.1) is 0 Å². The lowest BCUT2D eigenvalue weighted by molar-refractivity contribution is 0.577. The molecule has 2 rings (SSSR count). The quantitative estimate of drug-likeness (QED) is 0.775. The average molecular weight is 275 g/mol. The number of nitrogens with zero attached hydrogens (tertiary/aromatic N) is 4. The third-order valence-corrected chi connectivity index (χ3v) is 4.84. The summed E-state index contributed by atoms with van der Waals surface area (Å²) in [7, 11) is -3.52. The summed E-state index contributed by atoms with van der Waals surface area (Å²) in [5.74, 6) is 0.288. The Labute approximate surface area is 104 Å². The van der Waals surface area contributed by atoms with E-state index in [2.05, 4.69) is 15.2 Å². The fourth-order valence-electron chi connectivity index (χ4n) is 1.44. The molecule has 0 amide bonds. The summed E-state index contributed by atoms with van der Waals surface area (Å²) in [4.78, 5) is 3.90. The molecule has 0 spiro atoms. The van der Waals surface area contributed by atoms with Gasteiger partial charge in [0.2, 0.25) is 14.9 Å². The third kappa shape index (κ3) is 2.12. The summed E-state index contributed by atoms with van der Waals surface area (Å²) in [5.41, 5.74) is 0.244. The zero-order valence-corrected chi connectivity index (χ0v) is 10.7. The highest BCUT2D eigenvalue weighted by atomic mass is 35.5. The Hall–Kier alpha value is -1.21. The van der Waals surface area contributed by atoms with Crippen LogP contribution in [0.2, 0.25) is 0 Å². The van der Waals surface area contributed by atoms with Crippen LogP contribution in [0.15, 0.2) is 23.7 Å². The van der Waals surface area contributed by atoms with Crippen molar-refractivity contribution >= 4 is 27.1 Å². The molecule has 2 heterocycles. The SMILES string of the molecule is CC(CCCl)S(=O)(=O)c1nccn2cnnc12. The number of hydrogen-bond acceptors (Lipinski definition) is 5. The Morgan fingerprint density at radius 1 is 1.53 bits per heavy atom. The molecule has 17 heavy (non-hydrogen) atoms. The van der Waals surface area contributed by atoms with Gasteiger partial charge in [-0.25, -0.2) is 13.4 Å². The molecule has 8 heteroatoms. The van der Waals surface area contributed by atoms with Crippen molar-refractivity contribution in [1.29, 1.82) is 0 Å². The highest BCUT2D eigenvalue weighted by Crippen LogP contribution is 2.19. The summed E-state index contributed by atoms with van der Waals surface area (Å²) < 4.78 is 26.0. The van der Waals surface area contributed by atoms with E-state index in [0.29, 0.717) is 6.42 Å². The van der Waals surface area contributed by atoms with E-state index in [1.807, 2.05) is 0 Å². The smallest absolute Gasteiger partial charge is 0.202 e. The molecule has 0 N–H and O–H groups in total. The summed E-state index contributed by atoms with van der Waals surface area (Å²) >= 11 is 5.57. The third-order valence-electron chi connectivity index (χ3n) is 2.50. The predicted octanol–water partition coefficient (Wildman–Crippen LogP) is 0.915. The van der Waals surface area contributed by atoms with Crippen molar-refractivity contribution < 1.29 is 8.42 Å². The Morgan fingerprint density at radius 2 is 2.29 bits per heavy atom. The molecule has 6 nitrogen and oxygen atoms in total. The maximum atomic E-state index is 12.2. The fourth-order valence-corrected chi connectivity index (χ4v) is 3.31. The molecule has 1 unspecified atom stereocenters. The van der Waals surface area contributed by atoms with Crippen LogP contribution in [-0.2, 0) is 9.84 Å². The molecule has 0 aromatic carbocycles. The van der Waals surface area contributed by atoms with Gasteiger partial charge in [0.15, 0.2) is 5.65 Å². The van der Waals surface area contributed by atoms with E-state index in [1.54, 1.807) is 13.1 Å². The van der Waals surface area contributed by atoms with Gasteiger partial charge in [-0.05, 0) is 13.3 Å². The van der Waals surface area contributed by atoms with Gasteiger partial charge in [0.05, 0.1) is 5.25 Å². The van der Waals surface area contributed by atoms with Crippen molar-refractivity contribution in [2.75, 3.05) is 5.88 Å². The van der Waals surface area contributed by atoms with Gasteiger partial charge in [-0.1, -0.05) is 0 Å². The maximum absolute atomic E-state index is 12.2. The van der Waals surface area contributed by atoms with Crippen LogP contribution in [0.4, 0.5) is 0 Å². The Balaban J connectivity index is 2.56. The van der Waals surface area contributed by atoms with E-state index in [9.17, 15) is 8.42 Å². The lowest BCUT2D eigenvalue weighted by Gasteiger charge is -2.10. The van der Waals surface area contributed by atoms with E-state index in [1.165, 1.54) is 16.9 Å². The van der Waals surface area contributed by atoms with Crippen molar-refractivity contribution in [3.8, 4) is 0 Å². The second kappa shape index (κ2) is 4.58. The number of halogens is 1. The maximum Gasteiger partial charge on any atom is 0.202 e. The summed E-state index contributed by atoms with van der Waals surface area (Å²) in [6.07, 6.45) is 4.82. The van der Waals surface area contributed by atoms with Crippen molar-refractivity contribution in [1.82, 2.24) is 19.6 Å². The molecule has 0 fully saturated rings. The molecule has 0 aliphatic rings. The van der Waals surface area contributed by atoms with E-state index >= 15 is 0 Å². The van der Waals surface area contributed by atoms with Crippen LogP contribution in [0.25, 0.3) is 5.65 Å². The monoisotopic (exact) mass is 274 g/mol. The highest BCUT2D eigenvalue weighted by Gasteiger charge is 2.27. The van der Waals surface area contributed by atoms with Crippen molar-refractivity contribution in [3.05, 3.63) is 18.7 Å². The van der Waals surface area contributed by atoms with Crippen LogP contribution < -0.4 is 0 Å². The second-order valence-corrected chi connectivity index (χ2v) is 6.29. The summed E-state index contributed by atoms with van der Waals surface area (Å²) in [6.45, 7) is 1.61. The fraction of sp³-hybridized carbons (Fsp3) is 0.444. The second-order valence-electron chi connectivity index (χ2n) is 3.63. The first kappa shape index (κ1) is 12.3. The first-order valence-electron chi connectivity index (χ1n) is 5.01. The largest absolute Gasteiger partial charge is 0.285 e. The van der Waals surface area contributed by atoms with Crippen LogP contribution >= 0.6 is 11.6 Å². The number of rotatable bonds is 4. The standard InChI is InChI=1S/C9H11ClN4O2S/c1-7(2-3-10)17(15,16)9-8-13-12-6-14(8)5-4-11-9/h4-7H,2-3H2,1H3. The first-order valence-corrected chi connectivity index (χ1v) is 7.09. The van der Waals surface area contributed by atoms with Gasteiger partial charge < -0.3 is 0 Å². The molecule has 0 aliphatic heterocycles. The molecule has 0 aliphatic carbocycles. The zero-order valence-electron chi connectivity index (χ0n) is 9.12. The molecular formula is C9H11ClN4O2S. The van der Waals surface area contributed by atoms with E-state index in [0.717, 1.165) is 0 Å². The molecule has 0 saturated carbocycles. The van der Waals surface area contributed by atoms with Crippen molar-refractivity contribution in [2.45, 2.75) is 23.6 Å². The average Bonchev–Trinajstić information content (AvgIpc) is 2.76. The minimum absolute atomic E-state index is 0.0462. The highest BCUT2D eigenvalue weighted by molar-refractivity contribution is 7.92. The number of sulfone groups is 1. The van der Waals surface area contributed by atoms with Gasteiger partial charge in [0.25, 0.3) is 0 Å². The topological polar surface area (TPSA) is 77.2 Å². The lowest BCUT2D eigenvalue weighted by Crippen LogP contribution is -2.20. The number of aromatic nitrogens is 4. The van der Waals surface area contributed by atoms with Crippen LogP contribution in [0.5, 0.6) is 0 Å². The van der Waals surface area contributed by atoms with Crippen molar-refractivity contribution in [2.24, 2.45) is 0 Å². The molecule has 1 atom stereocenters. The van der Waals surface area contributed by atoms with Gasteiger partial charge in [0.1, 0.15) is 6.33 Å². The van der Waals surface area contributed by atoms with Gasteiger partial charge in [0, 0.05) is 18.3 Å². The summed E-state index contributed by atoms with van der Waals surface area (Å²) in [5, 5.41) is 6.80. The molecule has 0 saturated heterocycles. The predicted molar refractivity (Wildman–Crippen MR) is 62.8 cm³/mol. The van der Waals surface area contributed by atoms with Gasteiger partial charge in [-0.15, -0.1) is 21.8 Å². The van der Waals surface area contributed by atoms with Crippen molar-refractivity contribution in [3.63, 3.8) is 0 Å². The van der Waals surface area contributed by atoms with Crippen LogP contribution in [0.3, 0.4) is 0 Å². The normalized spacial score (nSPS) is 14.0. The molecule has 92 valence electrons. The van der Waals surface area contributed by atoms with Crippen LogP contribution in [-0.4, -0.2) is 39.1 Å². The Bertz CT molecular complexity index is 625. The number of fused-ring (bicyclic) bond motifs is 1.